The van der Waals surface area contributed by atoms with Crippen molar-refractivity contribution in [1.82, 2.24) is 9.36 Å². The van der Waals surface area contributed by atoms with Gasteiger partial charge in [0.05, 0.1) is 7.11 Å². The maximum atomic E-state index is 13.5. The minimum Gasteiger partial charge on any atom is -0.494 e. The molecule has 0 fully saturated rings. The number of methoxy groups -OCH3 is 1. The van der Waals surface area contributed by atoms with Gasteiger partial charge in [-0.3, -0.25) is 0 Å². The molecular formula is C13H16FN3OS. The normalized spacial score (nSPS) is 10.8. The third-order valence-electron chi connectivity index (χ3n) is 2.62. The SMILES string of the molecule is COc1ccc(CNc2nc(C(C)C)ns2)cc1F. The van der Waals surface area contributed by atoms with E-state index in [-0.39, 0.29) is 11.6 Å². The predicted molar refractivity (Wildman–Crippen MR) is 74.3 cm³/mol. The van der Waals surface area contributed by atoms with Crippen LogP contribution in [0.2, 0.25) is 0 Å². The number of ether oxygens (including phenoxy) is 1. The van der Waals surface area contributed by atoms with Crippen molar-refractivity contribution in [2.24, 2.45) is 0 Å². The average Bonchev–Trinajstić information content (AvgIpc) is 2.85. The van der Waals surface area contributed by atoms with E-state index in [2.05, 4.69) is 14.7 Å². The summed E-state index contributed by atoms with van der Waals surface area (Å²) >= 11 is 1.32. The van der Waals surface area contributed by atoms with E-state index in [1.54, 1.807) is 6.07 Å². The smallest absolute Gasteiger partial charge is 0.202 e. The van der Waals surface area contributed by atoms with Gasteiger partial charge in [-0.05, 0) is 17.7 Å². The molecule has 0 aliphatic carbocycles. The van der Waals surface area contributed by atoms with E-state index in [9.17, 15) is 4.39 Å². The Morgan fingerprint density at radius 3 is 2.79 bits per heavy atom. The number of halogens is 1. The zero-order valence-electron chi connectivity index (χ0n) is 11.1. The van der Waals surface area contributed by atoms with Crippen molar-refractivity contribution < 1.29 is 9.13 Å². The molecule has 0 aliphatic rings. The van der Waals surface area contributed by atoms with E-state index in [1.165, 1.54) is 24.7 Å². The molecule has 0 bridgehead atoms. The number of hydrogen-bond acceptors (Lipinski definition) is 5. The summed E-state index contributed by atoms with van der Waals surface area (Å²) in [7, 11) is 1.45. The lowest BCUT2D eigenvalue weighted by atomic mass is 10.2. The molecule has 2 aromatic rings. The highest BCUT2D eigenvalue weighted by Crippen LogP contribution is 2.20. The molecule has 0 saturated carbocycles. The number of benzene rings is 1. The van der Waals surface area contributed by atoms with E-state index in [4.69, 9.17) is 4.74 Å². The fourth-order valence-corrected chi connectivity index (χ4v) is 2.24. The third-order valence-corrected chi connectivity index (χ3v) is 3.30. The fourth-order valence-electron chi connectivity index (χ4n) is 1.54. The zero-order valence-corrected chi connectivity index (χ0v) is 11.9. The van der Waals surface area contributed by atoms with Crippen molar-refractivity contribution >= 4 is 16.7 Å². The van der Waals surface area contributed by atoms with E-state index in [0.717, 1.165) is 16.5 Å². The van der Waals surface area contributed by atoms with Crippen LogP contribution in [-0.2, 0) is 6.54 Å². The molecule has 0 radical (unpaired) electrons. The monoisotopic (exact) mass is 281 g/mol. The van der Waals surface area contributed by atoms with E-state index in [1.807, 2.05) is 19.9 Å². The summed E-state index contributed by atoms with van der Waals surface area (Å²) in [5.41, 5.74) is 0.833. The topological polar surface area (TPSA) is 47.0 Å². The van der Waals surface area contributed by atoms with Crippen molar-refractivity contribution in [2.75, 3.05) is 12.4 Å². The van der Waals surface area contributed by atoms with Gasteiger partial charge in [0.15, 0.2) is 11.6 Å². The van der Waals surface area contributed by atoms with Gasteiger partial charge in [-0.25, -0.2) is 9.37 Å². The van der Waals surface area contributed by atoms with Gasteiger partial charge in [0.25, 0.3) is 0 Å². The van der Waals surface area contributed by atoms with Gasteiger partial charge in [0.2, 0.25) is 5.13 Å². The van der Waals surface area contributed by atoms with Crippen LogP contribution in [0.25, 0.3) is 0 Å². The molecule has 1 aromatic carbocycles. The summed E-state index contributed by atoms with van der Waals surface area (Å²) in [6.45, 7) is 4.60. The lowest BCUT2D eigenvalue weighted by molar-refractivity contribution is 0.386. The molecule has 0 spiro atoms. The van der Waals surface area contributed by atoms with Crippen LogP contribution in [0.1, 0.15) is 31.2 Å². The zero-order chi connectivity index (χ0) is 13.8. The summed E-state index contributed by atoms with van der Waals surface area (Å²) in [6.07, 6.45) is 0. The first-order valence-electron chi connectivity index (χ1n) is 6.00. The Balaban J connectivity index is 1.99. The molecule has 19 heavy (non-hydrogen) atoms. The standard InChI is InChI=1S/C13H16FN3OS/c1-8(2)12-16-13(19-17-12)15-7-9-4-5-11(18-3)10(14)6-9/h4-6,8H,7H2,1-3H3,(H,15,16,17). The Morgan fingerprint density at radius 2 is 2.21 bits per heavy atom. The molecule has 2 rings (SSSR count). The molecule has 1 aromatic heterocycles. The van der Waals surface area contributed by atoms with Gasteiger partial charge in [-0.1, -0.05) is 19.9 Å². The number of anilines is 1. The molecular weight excluding hydrogens is 265 g/mol. The second kappa shape index (κ2) is 5.97. The quantitative estimate of drug-likeness (QED) is 0.912. The molecule has 6 heteroatoms. The summed E-state index contributed by atoms with van der Waals surface area (Å²) in [5.74, 6) is 1.03. The first-order chi connectivity index (χ1) is 9.10. The molecule has 0 saturated heterocycles. The highest BCUT2D eigenvalue weighted by molar-refractivity contribution is 7.09. The summed E-state index contributed by atoms with van der Waals surface area (Å²) in [5, 5.41) is 3.89. The maximum absolute atomic E-state index is 13.5. The molecule has 1 heterocycles. The minimum absolute atomic E-state index is 0.252. The van der Waals surface area contributed by atoms with Crippen molar-refractivity contribution in [1.29, 1.82) is 0 Å². The Bertz CT molecular complexity index is 557. The number of hydrogen-bond donors (Lipinski definition) is 1. The van der Waals surface area contributed by atoms with Gasteiger partial charge in [0, 0.05) is 24.0 Å². The largest absolute Gasteiger partial charge is 0.494 e. The maximum Gasteiger partial charge on any atom is 0.202 e. The van der Waals surface area contributed by atoms with E-state index < -0.39 is 0 Å². The highest BCUT2D eigenvalue weighted by Gasteiger charge is 2.08. The fraction of sp³-hybridized carbons (Fsp3) is 0.385. The average molecular weight is 281 g/mol. The Morgan fingerprint density at radius 1 is 1.42 bits per heavy atom. The van der Waals surface area contributed by atoms with Crippen LogP contribution < -0.4 is 10.1 Å². The summed E-state index contributed by atoms with van der Waals surface area (Å²) in [4.78, 5) is 4.36. The summed E-state index contributed by atoms with van der Waals surface area (Å²) < 4.78 is 22.6. The highest BCUT2D eigenvalue weighted by atomic mass is 32.1. The first kappa shape index (κ1) is 13.7. The molecule has 0 amide bonds. The van der Waals surface area contributed by atoms with Gasteiger partial charge < -0.3 is 10.1 Å². The number of nitrogens with zero attached hydrogens (tertiary/aromatic N) is 2. The van der Waals surface area contributed by atoms with Gasteiger partial charge in [-0.15, -0.1) is 0 Å². The molecule has 0 unspecified atom stereocenters. The predicted octanol–water partition coefficient (Wildman–Crippen LogP) is 3.42. The van der Waals surface area contributed by atoms with Gasteiger partial charge in [0.1, 0.15) is 5.82 Å². The van der Waals surface area contributed by atoms with Crippen LogP contribution in [-0.4, -0.2) is 16.5 Å². The van der Waals surface area contributed by atoms with Crippen molar-refractivity contribution in [2.45, 2.75) is 26.3 Å². The molecule has 0 aliphatic heterocycles. The minimum atomic E-state index is -0.359. The van der Waals surface area contributed by atoms with Crippen molar-refractivity contribution in [3.8, 4) is 5.75 Å². The third kappa shape index (κ3) is 3.41. The van der Waals surface area contributed by atoms with Crippen LogP contribution >= 0.6 is 11.5 Å². The Labute approximate surface area is 115 Å². The van der Waals surface area contributed by atoms with Crippen LogP contribution in [0, 0.1) is 5.82 Å². The molecule has 1 N–H and O–H groups in total. The molecule has 102 valence electrons. The number of aromatic nitrogens is 2. The van der Waals surface area contributed by atoms with Crippen LogP contribution in [0.5, 0.6) is 5.75 Å². The van der Waals surface area contributed by atoms with E-state index >= 15 is 0 Å². The lowest BCUT2D eigenvalue weighted by Gasteiger charge is -2.05. The Hall–Kier alpha value is -1.69. The first-order valence-corrected chi connectivity index (χ1v) is 6.77. The van der Waals surface area contributed by atoms with Crippen molar-refractivity contribution in [3.05, 3.63) is 35.4 Å². The molecule has 0 atom stereocenters. The van der Waals surface area contributed by atoms with Crippen molar-refractivity contribution in [3.63, 3.8) is 0 Å². The number of nitrogens with one attached hydrogen (secondary N) is 1. The van der Waals surface area contributed by atoms with Gasteiger partial charge in [-0.2, -0.15) is 4.37 Å². The lowest BCUT2D eigenvalue weighted by Crippen LogP contribution is -2.00. The van der Waals surface area contributed by atoms with Gasteiger partial charge >= 0.3 is 0 Å². The van der Waals surface area contributed by atoms with E-state index in [0.29, 0.717) is 12.5 Å². The second-order valence-corrected chi connectivity index (χ2v) is 5.19. The van der Waals surface area contributed by atoms with Crippen LogP contribution in [0.3, 0.4) is 0 Å². The second-order valence-electron chi connectivity index (χ2n) is 4.43. The van der Waals surface area contributed by atoms with Crippen LogP contribution in [0.4, 0.5) is 9.52 Å². The number of rotatable bonds is 5. The summed E-state index contributed by atoms with van der Waals surface area (Å²) in [6, 6.07) is 4.89. The van der Waals surface area contributed by atoms with Crippen LogP contribution in [0.15, 0.2) is 18.2 Å². The molecule has 4 nitrogen and oxygen atoms in total. The Kier molecular flexibility index (Phi) is 4.31.